The molecule has 18 heavy (non-hydrogen) atoms. The van der Waals surface area contributed by atoms with Crippen molar-refractivity contribution in [1.29, 1.82) is 0 Å². The number of halogens is 2. The molecule has 0 bridgehead atoms. The maximum absolute atomic E-state index is 13.6. The number of nitrogens with one attached hydrogen (secondary N) is 1. The lowest BCUT2D eigenvalue weighted by Gasteiger charge is -2.13. The van der Waals surface area contributed by atoms with Gasteiger partial charge in [0.1, 0.15) is 11.6 Å². The van der Waals surface area contributed by atoms with Crippen molar-refractivity contribution in [1.82, 2.24) is 5.32 Å². The lowest BCUT2D eigenvalue weighted by Crippen LogP contribution is -2.21. The lowest BCUT2D eigenvalue weighted by atomic mass is 10.00. The molecule has 0 aliphatic heterocycles. The largest absolute Gasteiger partial charge is 0.310 e. The van der Waals surface area contributed by atoms with Gasteiger partial charge in [-0.3, -0.25) is 0 Å². The van der Waals surface area contributed by atoms with Crippen molar-refractivity contribution in [3.63, 3.8) is 0 Å². The summed E-state index contributed by atoms with van der Waals surface area (Å²) in [5, 5.41) is 3.41. The van der Waals surface area contributed by atoms with Gasteiger partial charge in [0.2, 0.25) is 0 Å². The smallest absolute Gasteiger partial charge is 0.130 e. The van der Waals surface area contributed by atoms with Crippen LogP contribution in [0.1, 0.15) is 32.3 Å². The van der Waals surface area contributed by atoms with Crippen LogP contribution in [0.5, 0.6) is 0 Å². The molecule has 1 nitrogen and oxygen atoms in total. The summed E-state index contributed by atoms with van der Waals surface area (Å²) in [5.74, 6) is -0.458. The molecule has 1 aromatic carbocycles. The highest BCUT2D eigenvalue weighted by molar-refractivity contribution is 5.54. The van der Waals surface area contributed by atoms with Crippen LogP contribution in [-0.2, 0) is 0 Å². The van der Waals surface area contributed by atoms with Crippen molar-refractivity contribution in [2.45, 2.75) is 32.7 Å². The van der Waals surface area contributed by atoms with Gasteiger partial charge in [0.25, 0.3) is 0 Å². The summed E-state index contributed by atoms with van der Waals surface area (Å²) in [4.78, 5) is 0. The van der Waals surface area contributed by atoms with Gasteiger partial charge in [0.05, 0.1) is 0 Å². The molecule has 0 amide bonds. The standard InChI is InChI=1S/C15H19F2N/c1-10(2)12(9-18-14-4-5-14)7-11-8-13(16)3-6-15(11)17/h3,6-8,10,14,18H,4-5,9H2,1-2H3. The Labute approximate surface area is 107 Å². The van der Waals surface area contributed by atoms with Gasteiger partial charge in [0.15, 0.2) is 0 Å². The molecular formula is C15H19F2N. The zero-order chi connectivity index (χ0) is 13.1. The minimum Gasteiger partial charge on any atom is -0.310 e. The van der Waals surface area contributed by atoms with E-state index in [2.05, 4.69) is 19.2 Å². The van der Waals surface area contributed by atoms with Gasteiger partial charge in [0, 0.05) is 18.2 Å². The van der Waals surface area contributed by atoms with Gasteiger partial charge < -0.3 is 5.32 Å². The van der Waals surface area contributed by atoms with Gasteiger partial charge in [-0.05, 0) is 37.0 Å². The Hall–Kier alpha value is -1.22. The number of hydrogen-bond donors (Lipinski definition) is 1. The highest BCUT2D eigenvalue weighted by Gasteiger charge is 2.20. The van der Waals surface area contributed by atoms with E-state index in [1.807, 2.05) is 0 Å². The Kier molecular flexibility index (Phi) is 4.12. The molecule has 0 spiro atoms. The van der Waals surface area contributed by atoms with Crippen LogP contribution in [0.4, 0.5) is 8.78 Å². The first-order valence-corrected chi connectivity index (χ1v) is 6.45. The highest BCUT2D eigenvalue weighted by atomic mass is 19.1. The highest BCUT2D eigenvalue weighted by Crippen LogP contribution is 2.21. The molecular weight excluding hydrogens is 232 g/mol. The summed E-state index contributed by atoms with van der Waals surface area (Å²) in [5.41, 5.74) is 1.43. The molecule has 2 rings (SSSR count). The van der Waals surface area contributed by atoms with Crippen LogP contribution in [0.25, 0.3) is 6.08 Å². The van der Waals surface area contributed by atoms with E-state index in [0.717, 1.165) is 18.2 Å². The van der Waals surface area contributed by atoms with E-state index in [-0.39, 0.29) is 5.82 Å². The second-order valence-electron chi connectivity index (χ2n) is 5.19. The molecule has 3 heteroatoms. The molecule has 0 heterocycles. The third-order valence-corrected chi connectivity index (χ3v) is 3.21. The fourth-order valence-corrected chi connectivity index (χ4v) is 1.80. The second kappa shape index (κ2) is 5.61. The quantitative estimate of drug-likeness (QED) is 0.840. The van der Waals surface area contributed by atoms with Gasteiger partial charge >= 0.3 is 0 Å². The molecule has 1 saturated carbocycles. The molecule has 0 unspecified atom stereocenters. The van der Waals surface area contributed by atoms with E-state index in [1.165, 1.54) is 25.0 Å². The Morgan fingerprint density at radius 1 is 1.39 bits per heavy atom. The Balaban J connectivity index is 2.16. The number of rotatable bonds is 5. The van der Waals surface area contributed by atoms with E-state index in [0.29, 0.717) is 17.5 Å². The summed E-state index contributed by atoms with van der Waals surface area (Å²) in [6.07, 6.45) is 4.21. The summed E-state index contributed by atoms with van der Waals surface area (Å²) in [6, 6.07) is 4.18. The van der Waals surface area contributed by atoms with Crippen molar-refractivity contribution >= 4 is 6.08 Å². The first-order valence-electron chi connectivity index (χ1n) is 6.45. The Bertz CT molecular complexity index is 448. The van der Waals surface area contributed by atoms with E-state index in [1.54, 1.807) is 6.08 Å². The van der Waals surface area contributed by atoms with E-state index in [9.17, 15) is 8.78 Å². The average molecular weight is 251 g/mol. The number of benzene rings is 1. The third-order valence-electron chi connectivity index (χ3n) is 3.21. The van der Waals surface area contributed by atoms with Gasteiger partial charge in [-0.1, -0.05) is 25.5 Å². The molecule has 1 N–H and O–H groups in total. The maximum Gasteiger partial charge on any atom is 0.130 e. The normalized spacial score (nSPS) is 16.4. The molecule has 98 valence electrons. The van der Waals surface area contributed by atoms with Crippen LogP contribution in [0.2, 0.25) is 0 Å². The van der Waals surface area contributed by atoms with E-state index >= 15 is 0 Å². The average Bonchev–Trinajstić information content (AvgIpc) is 3.12. The first kappa shape index (κ1) is 13.2. The predicted octanol–water partition coefficient (Wildman–Crippen LogP) is 3.76. The minimum absolute atomic E-state index is 0.318. The van der Waals surface area contributed by atoms with Crippen molar-refractivity contribution in [2.75, 3.05) is 6.54 Å². The SMILES string of the molecule is CC(C)C(=Cc1cc(F)ccc1F)CNC1CC1. The van der Waals surface area contributed by atoms with Gasteiger partial charge in [-0.2, -0.15) is 0 Å². The summed E-state index contributed by atoms with van der Waals surface area (Å²) >= 11 is 0. The van der Waals surface area contributed by atoms with Crippen LogP contribution >= 0.6 is 0 Å². The molecule has 1 fully saturated rings. The first-order chi connectivity index (χ1) is 8.56. The predicted molar refractivity (Wildman–Crippen MR) is 70.2 cm³/mol. The van der Waals surface area contributed by atoms with Crippen LogP contribution in [-0.4, -0.2) is 12.6 Å². The van der Waals surface area contributed by atoms with Crippen LogP contribution in [0.15, 0.2) is 23.8 Å². The molecule has 1 aliphatic carbocycles. The van der Waals surface area contributed by atoms with Crippen LogP contribution in [0.3, 0.4) is 0 Å². The van der Waals surface area contributed by atoms with Crippen LogP contribution in [0, 0.1) is 17.6 Å². The molecule has 0 saturated heterocycles. The third kappa shape index (κ3) is 3.64. The molecule has 1 aromatic rings. The maximum atomic E-state index is 13.6. The summed E-state index contributed by atoms with van der Waals surface area (Å²) in [6.45, 7) is 4.88. The number of hydrogen-bond acceptors (Lipinski definition) is 1. The van der Waals surface area contributed by atoms with Gasteiger partial charge in [-0.15, -0.1) is 0 Å². The Morgan fingerprint density at radius 2 is 2.11 bits per heavy atom. The van der Waals surface area contributed by atoms with Crippen molar-refractivity contribution < 1.29 is 8.78 Å². The van der Waals surface area contributed by atoms with Crippen LogP contribution < -0.4 is 5.32 Å². The summed E-state index contributed by atoms with van der Waals surface area (Å²) < 4.78 is 26.7. The topological polar surface area (TPSA) is 12.0 Å². The lowest BCUT2D eigenvalue weighted by molar-refractivity contribution is 0.597. The zero-order valence-electron chi connectivity index (χ0n) is 10.8. The fraction of sp³-hybridized carbons (Fsp3) is 0.467. The van der Waals surface area contributed by atoms with E-state index < -0.39 is 5.82 Å². The van der Waals surface area contributed by atoms with Crippen molar-refractivity contribution in [2.24, 2.45) is 5.92 Å². The fourth-order valence-electron chi connectivity index (χ4n) is 1.80. The van der Waals surface area contributed by atoms with Gasteiger partial charge in [-0.25, -0.2) is 8.78 Å². The minimum atomic E-state index is -0.402. The zero-order valence-corrected chi connectivity index (χ0v) is 10.8. The van der Waals surface area contributed by atoms with Crippen molar-refractivity contribution in [3.05, 3.63) is 41.0 Å². The molecule has 1 aliphatic rings. The second-order valence-corrected chi connectivity index (χ2v) is 5.19. The Morgan fingerprint density at radius 3 is 2.72 bits per heavy atom. The van der Waals surface area contributed by atoms with E-state index in [4.69, 9.17) is 0 Å². The summed E-state index contributed by atoms with van der Waals surface area (Å²) in [7, 11) is 0. The molecule has 0 atom stereocenters. The van der Waals surface area contributed by atoms with Crippen molar-refractivity contribution in [3.8, 4) is 0 Å². The molecule has 0 aromatic heterocycles. The monoisotopic (exact) mass is 251 g/mol. The molecule has 0 radical (unpaired) electrons.